The Morgan fingerprint density at radius 2 is 0.784 bits per heavy atom. The van der Waals surface area contributed by atoms with Gasteiger partial charge in [0.1, 0.15) is 0 Å². The van der Waals surface area contributed by atoms with E-state index >= 15 is 0 Å². The summed E-state index contributed by atoms with van der Waals surface area (Å²) in [5.74, 6) is 0. The highest BCUT2D eigenvalue weighted by molar-refractivity contribution is 8.27. The first-order valence-electron chi connectivity index (χ1n) is 17.4. The molecule has 7 aromatic rings. The molecule has 2 aliphatic heterocycles. The first kappa shape index (κ1) is 32.5. The lowest BCUT2D eigenvalue weighted by Gasteiger charge is -2.47. The van der Waals surface area contributed by atoms with Crippen LogP contribution in [0.4, 0.5) is 17.1 Å². The minimum atomic E-state index is -2.59. The Morgan fingerprint density at radius 3 is 1.16 bits per heavy atom. The SMILES string of the molecule is CC(C)(C)c1cc2c3c(c1)P(=S)(c1ccccc1)c1cc(-c4ccccc4)ccc1N3c1ccc(-c3ccccc3)cc1P2(=S)c1ccccc1. The van der Waals surface area contributed by atoms with Crippen LogP contribution in [0.25, 0.3) is 22.3 Å². The number of benzene rings is 7. The Bertz CT molecular complexity index is 2390. The Labute approximate surface area is 311 Å². The second-order valence-electron chi connectivity index (χ2n) is 14.5. The van der Waals surface area contributed by atoms with Crippen molar-refractivity contribution in [1.82, 2.24) is 0 Å². The maximum Gasteiger partial charge on any atom is 0.0644 e. The standard InChI is InChI=1S/C46H37NP2S2/c1-46(2,3)36-30-43-45-44(31-36)49(51,38-22-14-7-15-23-38)42-29-35(33-18-10-5-11-19-33)25-27-40(42)47(45)39-26-24-34(32-16-8-4-9-17-32)28-41(39)48(43,50)37-20-12-6-13-21-37/h4-31H,1-3H3. The lowest BCUT2D eigenvalue weighted by atomic mass is 9.87. The van der Waals surface area contributed by atoms with Crippen molar-refractivity contribution in [3.05, 3.63) is 175 Å². The van der Waals surface area contributed by atoms with E-state index in [1.807, 2.05) is 0 Å². The fraction of sp³-hybridized carbons (Fsp3) is 0.0870. The van der Waals surface area contributed by atoms with Crippen molar-refractivity contribution in [3.63, 3.8) is 0 Å². The van der Waals surface area contributed by atoms with Gasteiger partial charge in [-0.25, -0.2) is 0 Å². The molecule has 0 saturated heterocycles. The Balaban J connectivity index is 1.45. The van der Waals surface area contributed by atoms with E-state index in [-0.39, 0.29) is 5.41 Å². The largest absolute Gasteiger partial charge is 0.308 e. The van der Waals surface area contributed by atoms with Gasteiger partial charge in [0.15, 0.2) is 0 Å². The Morgan fingerprint density at radius 1 is 0.412 bits per heavy atom. The summed E-state index contributed by atoms with van der Waals surface area (Å²) in [5.41, 5.74) is 9.40. The normalized spacial score (nSPS) is 18.8. The van der Waals surface area contributed by atoms with Gasteiger partial charge in [-0.05, 0) is 80.2 Å². The molecule has 0 saturated carbocycles. The summed E-state index contributed by atoms with van der Waals surface area (Å²) in [5, 5.41) is 7.35. The average Bonchev–Trinajstić information content (AvgIpc) is 3.18. The van der Waals surface area contributed by atoms with E-state index in [2.05, 4.69) is 196 Å². The van der Waals surface area contributed by atoms with Gasteiger partial charge in [0.05, 0.1) is 17.1 Å². The number of nitrogens with zero attached hydrogens (tertiary/aromatic N) is 1. The van der Waals surface area contributed by atoms with Crippen molar-refractivity contribution >= 4 is 84.6 Å². The predicted octanol–water partition coefficient (Wildman–Crippen LogP) is 9.93. The quantitative estimate of drug-likeness (QED) is 0.166. The molecule has 0 fully saturated rings. The molecule has 0 aliphatic carbocycles. The minimum Gasteiger partial charge on any atom is -0.308 e. The van der Waals surface area contributed by atoms with Crippen LogP contribution in [0, 0.1) is 0 Å². The molecule has 9 rings (SSSR count). The van der Waals surface area contributed by atoms with Crippen LogP contribution >= 0.6 is 12.1 Å². The first-order valence-corrected chi connectivity index (χ1v) is 23.0. The van der Waals surface area contributed by atoms with Crippen LogP contribution in [0.5, 0.6) is 0 Å². The molecule has 2 atom stereocenters. The van der Waals surface area contributed by atoms with Crippen molar-refractivity contribution in [2.45, 2.75) is 26.2 Å². The van der Waals surface area contributed by atoms with Crippen molar-refractivity contribution in [2.75, 3.05) is 4.90 Å². The van der Waals surface area contributed by atoms with Crippen LogP contribution in [0.3, 0.4) is 0 Å². The van der Waals surface area contributed by atoms with Gasteiger partial charge in [-0.2, -0.15) is 0 Å². The highest BCUT2D eigenvalue weighted by atomic mass is 32.4. The molecule has 248 valence electrons. The lowest BCUT2D eigenvalue weighted by molar-refractivity contribution is 0.591. The van der Waals surface area contributed by atoms with Crippen LogP contribution in [-0.2, 0) is 29.0 Å². The van der Waals surface area contributed by atoms with Crippen molar-refractivity contribution in [1.29, 1.82) is 0 Å². The van der Waals surface area contributed by atoms with E-state index in [1.165, 1.54) is 65.3 Å². The second-order valence-corrected chi connectivity index (χ2v) is 23.2. The number of hydrogen-bond acceptors (Lipinski definition) is 3. The van der Waals surface area contributed by atoms with Crippen molar-refractivity contribution < 1.29 is 0 Å². The van der Waals surface area contributed by atoms with E-state index in [0.717, 1.165) is 11.4 Å². The van der Waals surface area contributed by atoms with Gasteiger partial charge >= 0.3 is 0 Å². The Hall–Kier alpha value is -4.36. The highest BCUT2D eigenvalue weighted by Gasteiger charge is 2.47. The molecule has 5 heteroatoms. The van der Waals surface area contributed by atoms with Crippen molar-refractivity contribution in [3.8, 4) is 22.3 Å². The summed E-state index contributed by atoms with van der Waals surface area (Å²) in [7, 11) is 0. The summed E-state index contributed by atoms with van der Waals surface area (Å²) in [6, 6.07) is 56.8. The van der Waals surface area contributed by atoms with E-state index in [0.29, 0.717) is 0 Å². The van der Waals surface area contributed by atoms with Crippen LogP contribution in [-0.4, -0.2) is 0 Å². The molecule has 0 aromatic heterocycles. The monoisotopic (exact) mass is 729 g/mol. The van der Waals surface area contributed by atoms with E-state index in [4.69, 9.17) is 23.6 Å². The third kappa shape index (κ3) is 5.02. The van der Waals surface area contributed by atoms with Gasteiger partial charge in [0.25, 0.3) is 0 Å². The molecule has 2 heterocycles. The highest BCUT2D eigenvalue weighted by Crippen LogP contribution is 2.61. The predicted molar refractivity (Wildman–Crippen MR) is 230 cm³/mol. The van der Waals surface area contributed by atoms with Crippen LogP contribution in [0.1, 0.15) is 26.3 Å². The fourth-order valence-corrected chi connectivity index (χ4v) is 16.4. The number of fused-ring (bicyclic) bond motifs is 4. The number of rotatable bonds is 4. The van der Waals surface area contributed by atoms with Gasteiger partial charge in [-0.3, -0.25) is 0 Å². The molecule has 2 unspecified atom stereocenters. The maximum atomic E-state index is 7.24. The molecule has 51 heavy (non-hydrogen) atoms. The van der Waals surface area contributed by atoms with Gasteiger partial charge in [0.2, 0.25) is 0 Å². The maximum absolute atomic E-state index is 7.24. The molecule has 7 aromatic carbocycles. The van der Waals surface area contributed by atoms with E-state index in [9.17, 15) is 0 Å². The molecule has 1 nitrogen and oxygen atoms in total. The summed E-state index contributed by atoms with van der Waals surface area (Å²) in [6.07, 6.45) is 0. The topological polar surface area (TPSA) is 3.24 Å². The summed E-state index contributed by atoms with van der Waals surface area (Å²) in [4.78, 5) is 2.52. The lowest BCUT2D eigenvalue weighted by Crippen LogP contribution is -2.46. The third-order valence-electron chi connectivity index (χ3n) is 10.4. The smallest absolute Gasteiger partial charge is 0.0644 e. The third-order valence-corrected chi connectivity index (χ3v) is 20.2. The van der Waals surface area contributed by atoms with Crippen LogP contribution in [0.15, 0.2) is 170 Å². The molecule has 0 N–H and O–H groups in total. The van der Waals surface area contributed by atoms with Gasteiger partial charge < -0.3 is 4.90 Å². The molecule has 0 amide bonds. The van der Waals surface area contributed by atoms with Gasteiger partial charge in [-0.15, -0.1) is 0 Å². The average molecular weight is 730 g/mol. The molecular weight excluding hydrogens is 693 g/mol. The van der Waals surface area contributed by atoms with E-state index < -0.39 is 12.1 Å². The van der Waals surface area contributed by atoms with Gasteiger partial charge in [0, 0.05) is 33.3 Å². The molecule has 0 bridgehead atoms. The number of anilines is 3. The Kier molecular flexibility index (Phi) is 7.73. The second kappa shape index (κ2) is 12.1. The first-order chi connectivity index (χ1) is 24.7. The molecule has 2 aliphatic rings. The van der Waals surface area contributed by atoms with E-state index in [1.54, 1.807) is 0 Å². The zero-order chi connectivity index (χ0) is 35.0. The van der Waals surface area contributed by atoms with Gasteiger partial charge in [-0.1, -0.05) is 178 Å². The summed E-state index contributed by atoms with van der Waals surface area (Å²) in [6.45, 7) is 6.93. The fourth-order valence-electron chi connectivity index (χ4n) is 7.76. The van der Waals surface area contributed by atoms with Crippen LogP contribution < -0.4 is 36.7 Å². The minimum absolute atomic E-state index is 0.123. The van der Waals surface area contributed by atoms with Crippen LogP contribution in [0.2, 0.25) is 0 Å². The van der Waals surface area contributed by atoms with Crippen molar-refractivity contribution in [2.24, 2.45) is 0 Å². The molecule has 0 spiro atoms. The summed E-state index contributed by atoms with van der Waals surface area (Å²) >= 11 is 14.5. The zero-order valence-corrected chi connectivity index (χ0v) is 32.2. The molecular formula is C46H37NP2S2. The number of hydrogen-bond donors (Lipinski definition) is 0. The summed E-state index contributed by atoms with van der Waals surface area (Å²) < 4.78 is 0. The zero-order valence-electron chi connectivity index (χ0n) is 28.8. The molecule has 0 radical (unpaired) electrons.